The molecule has 0 aromatic heterocycles. The number of aliphatic hydroxyl groups is 1. The summed E-state index contributed by atoms with van der Waals surface area (Å²) >= 11 is 0. The van der Waals surface area contributed by atoms with Crippen LogP contribution in [0.5, 0.6) is 5.75 Å². The highest BCUT2D eigenvalue weighted by molar-refractivity contribution is 5.39. The van der Waals surface area contributed by atoms with Crippen LogP contribution in [0.4, 0.5) is 0 Å². The van der Waals surface area contributed by atoms with E-state index in [1.54, 1.807) is 19.2 Å². The van der Waals surface area contributed by atoms with E-state index in [4.69, 9.17) is 5.11 Å². The molecular weight excluding hydrogens is 166 g/mol. The third-order valence-corrected chi connectivity index (χ3v) is 2.25. The Bertz CT molecular complexity index is 282. The van der Waals surface area contributed by atoms with Crippen molar-refractivity contribution in [1.82, 2.24) is 5.32 Å². The molecule has 1 unspecified atom stereocenters. The van der Waals surface area contributed by atoms with Crippen molar-refractivity contribution in [1.29, 1.82) is 0 Å². The van der Waals surface area contributed by atoms with Gasteiger partial charge in [-0.2, -0.15) is 0 Å². The molecule has 0 saturated heterocycles. The molecule has 0 bridgehead atoms. The van der Waals surface area contributed by atoms with Gasteiger partial charge in [0.2, 0.25) is 0 Å². The average molecular weight is 181 g/mol. The van der Waals surface area contributed by atoms with Crippen molar-refractivity contribution in [3.8, 4) is 5.75 Å². The number of rotatable bonds is 3. The molecule has 3 heteroatoms. The van der Waals surface area contributed by atoms with Gasteiger partial charge in [0.25, 0.3) is 0 Å². The molecule has 0 amide bonds. The maximum atomic E-state index is 9.43. The Kier molecular flexibility index (Phi) is 3.28. The zero-order valence-electron chi connectivity index (χ0n) is 7.91. The molecular formula is C10H15NO2. The van der Waals surface area contributed by atoms with E-state index in [1.807, 2.05) is 13.0 Å². The van der Waals surface area contributed by atoms with Gasteiger partial charge in [-0.3, -0.25) is 0 Å². The van der Waals surface area contributed by atoms with Crippen molar-refractivity contribution in [3.63, 3.8) is 0 Å². The molecule has 1 rings (SSSR count). The predicted molar refractivity (Wildman–Crippen MR) is 51.7 cm³/mol. The van der Waals surface area contributed by atoms with Crippen LogP contribution >= 0.6 is 0 Å². The van der Waals surface area contributed by atoms with E-state index in [2.05, 4.69) is 5.32 Å². The van der Waals surface area contributed by atoms with Crippen LogP contribution in [0.15, 0.2) is 18.2 Å². The van der Waals surface area contributed by atoms with Crippen molar-refractivity contribution >= 4 is 0 Å². The smallest absolute Gasteiger partial charge is 0.118 e. The first-order valence-electron chi connectivity index (χ1n) is 4.27. The molecule has 0 saturated carbocycles. The highest BCUT2D eigenvalue weighted by atomic mass is 16.3. The van der Waals surface area contributed by atoms with Crippen molar-refractivity contribution in [2.75, 3.05) is 13.7 Å². The topological polar surface area (TPSA) is 52.5 Å². The molecule has 1 atom stereocenters. The van der Waals surface area contributed by atoms with Gasteiger partial charge in [-0.1, -0.05) is 12.1 Å². The van der Waals surface area contributed by atoms with Crippen molar-refractivity contribution in [2.45, 2.75) is 13.0 Å². The summed E-state index contributed by atoms with van der Waals surface area (Å²) in [6, 6.07) is 5.21. The second-order valence-electron chi connectivity index (χ2n) is 3.02. The van der Waals surface area contributed by atoms with E-state index in [0.29, 0.717) is 0 Å². The highest BCUT2D eigenvalue weighted by Crippen LogP contribution is 2.24. The Balaban J connectivity index is 3.05. The monoisotopic (exact) mass is 181 g/mol. The van der Waals surface area contributed by atoms with E-state index in [0.717, 1.165) is 11.1 Å². The van der Waals surface area contributed by atoms with E-state index in [-0.39, 0.29) is 18.4 Å². The SMILES string of the molecule is CNC(CO)c1cccc(O)c1C. The Morgan fingerprint density at radius 1 is 1.46 bits per heavy atom. The standard InChI is InChI=1S/C10H15NO2/c1-7-8(9(6-12)11-2)4-3-5-10(7)13/h3-5,9,11-13H,6H2,1-2H3. The third kappa shape index (κ3) is 1.99. The summed E-state index contributed by atoms with van der Waals surface area (Å²) in [6.45, 7) is 1.87. The number of benzene rings is 1. The average Bonchev–Trinajstić information content (AvgIpc) is 2.14. The first kappa shape index (κ1) is 10.0. The van der Waals surface area contributed by atoms with Gasteiger partial charge < -0.3 is 15.5 Å². The normalized spacial score (nSPS) is 12.8. The Morgan fingerprint density at radius 2 is 2.15 bits per heavy atom. The lowest BCUT2D eigenvalue weighted by molar-refractivity contribution is 0.250. The molecule has 72 valence electrons. The van der Waals surface area contributed by atoms with Crippen LogP contribution in [0.2, 0.25) is 0 Å². The summed E-state index contributed by atoms with van der Waals surface area (Å²) < 4.78 is 0. The lowest BCUT2D eigenvalue weighted by atomic mass is 10.0. The van der Waals surface area contributed by atoms with Gasteiger partial charge in [-0.15, -0.1) is 0 Å². The molecule has 1 aromatic carbocycles. The Labute approximate surface area is 78.0 Å². The van der Waals surface area contributed by atoms with Gasteiger partial charge >= 0.3 is 0 Å². The first-order valence-corrected chi connectivity index (χ1v) is 4.27. The first-order chi connectivity index (χ1) is 6.20. The van der Waals surface area contributed by atoms with Crippen LogP contribution in [0.1, 0.15) is 17.2 Å². The van der Waals surface area contributed by atoms with Crippen LogP contribution in [-0.4, -0.2) is 23.9 Å². The van der Waals surface area contributed by atoms with Crippen LogP contribution in [-0.2, 0) is 0 Å². The number of hydrogen-bond acceptors (Lipinski definition) is 3. The number of hydrogen-bond donors (Lipinski definition) is 3. The van der Waals surface area contributed by atoms with Crippen LogP contribution in [0, 0.1) is 6.92 Å². The second kappa shape index (κ2) is 4.25. The molecule has 13 heavy (non-hydrogen) atoms. The zero-order valence-corrected chi connectivity index (χ0v) is 7.91. The summed E-state index contributed by atoms with van der Waals surface area (Å²) in [4.78, 5) is 0. The van der Waals surface area contributed by atoms with Crippen molar-refractivity contribution < 1.29 is 10.2 Å². The molecule has 0 heterocycles. The summed E-state index contributed by atoms with van der Waals surface area (Å²) in [7, 11) is 1.78. The van der Waals surface area contributed by atoms with Crippen molar-refractivity contribution in [2.24, 2.45) is 0 Å². The molecule has 3 nitrogen and oxygen atoms in total. The fourth-order valence-corrected chi connectivity index (χ4v) is 1.36. The molecule has 0 aliphatic carbocycles. The quantitative estimate of drug-likeness (QED) is 0.651. The summed E-state index contributed by atoms with van der Waals surface area (Å²) in [5, 5.41) is 21.5. The van der Waals surface area contributed by atoms with Crippen molar-refractivity contribution in [3.05, 3.63) is 29.3 Å². The number of aromatic hydroxyl groups is 1. The van der Waals surface area contributed by atoms with E-state index < -0.39 is 0 Å². The largest absolute Gasteiger partial charge is 0.508 e. The lowest BCUT2D eigenvalue weighted by Crippen LogP contribution is -2.20. The van der Waals surface area contributed by atoms with E-state index >= 15 is 0 Å². The minimum absolute atomic E-state index is 0.0286. The molecule has 0 spiro atoms. The van der Waals surface area contributed by atoms with Crippen LogP contribution in [0.3, 0.4) is 0 Å². The fraction of sp³-hybridized carbons (Fsp3) is 0.400. The third-order valence-electron chi connectivity index (χ3n) is 2.25. The predicted octanol–water partition coefficient (Wildman–Crippen LogP) is 0.953. The number of phenolic OH excluding ortho intramolecular Hbond substituents is 1. The van der Waals surface area contributed by atoms with Gasteiger partial charge in [0.1, 0.15) is 5.75 Å². The second-order valence-corrected chi connectivity index (χ2v) is 3.02. The van der Waals surface area contributed by atoms with Gasteiger partial charge in [-0.25, -0.2) is 0 Å². The van der Waals surface area contributed by atoms with Crippen LogP contribution in [0.25, 0.3) is 0 Å². The number of phenols is 1. The molecule has 0 aliphatic rings. The van der Waals surface area contributed by atoms with Gasteiger partial charge in [-0.05, 0) is 31.2 Å². The molecule has 0 radical (unpaired) electrons. The van der Waals surface area contributed by atoms with Gasteiger partial charge in [0.05, 0.1) is 12.6 Å². The lowest BCUT2D eigenvalue weighted by Gasteiger charge is -2.16. The zero-order chi connectivity index (χ0) is 9.84. The molecule has 0 aliphatic heterocycles. The number of likely N-dealkylation sites (N-methyl/N-ethyl adjacent to an activating group) is 1. The fourth-order valence-electron chi connectivity index (χ4n) is 1.36. The summed E-state index contributed by atoms with van der Waals surface area (Å²) in [5.41, 5.74) is 1.75. The Morgan fingerprint density at radius 3 is 2.69 bits per heavy atom. The van der Waals surface area contributed by atoms with Gasteiger partial charge in [0.15, 0.2) is 0 Å². The molecule has 0 fully saturated rings. The number of nitrogens with one attached hydrogen (secondary N) is 1. The van der Waals surface area contributed by atoms with Crippen LogP contribution < -0.4 is 5.32 Å². The maximum absolute atomic E-state index is 9.43. The summed E-state index contributed by atoms with van der Waals surface area (Å²) in [5.74, 6) is 0.270. The minimum atomic E-state index is -0.105. The van der Waals surface area contributed by atoms with E-state index in [1.165, 1.54) is 0 Å². The highest BCUT2D eigenvalue weighted by Gasteiger charge is 2.11. The molecule has 3 N–H and O–H groups in total. The maximum Gasteiger partial charge on any atom is 0.118 e. The molecule has 1 aromatic rings. The van der Waals surface area contributed by atoms with E-state index in [9.17, 15) is 5.11 Å². The van der Waals surface area contributed by atoms with Gasteiger partial charge in [0, 0.05) is 0 Å². The number of aliphatic hydroxyl groups excluding tert-OH is 1. The Hall–Kier alpha value is -1.06. The summed E-state index contributed by atoms with van der Waals surface area (Å²) in [6.07, 6.45) is 0. The minimum Gasteiger partial charge on any atom is -0.508 e.